The van der Waals surface area contributed by atoms with Crippen LogP contribution in [0, 0.1) is 13.8 Å². The van der Waals surface area contributed by atoms with Crippen LogP contribution in [0.5, 0.6) is 0 Å². The summed E-state index contributed by atoms with van der Waals surface area (Å²) in [5, 5.41) is 0. The molecule has 2 heteroatoms. The van der Waals surface area contributed by atoms with Crippen molar-refractivity contribution in [1.29, 1.82) is 0 Å². The Hall–Kier alpha value is -2.09. The van der Waals surface area contributed by atoms with Gasteiger partial charge in [0.2, 0.25) is 0 Å². The van der Waals surface area contributed by atoms with Crippen LogP contribution in [0.2, 0.25) is 0 Å². The second-order valence-electron chi connectivity index (χ2n) is 5.02. The fourth-order valence-electron chi connectivity index (χ4n) is 2.26. The Kier molecular flexibility index (Phi) is 4.57. The first-order valence-electron chi connectivity index (χ1n) is 6.84. The predicted octanol–water partition coefficient (Wildman–Crippen LogP) is 4.08. The molecule has 104 valence electrons. The van der Waals surface area contributed by atoms with Crippen LogP contribution in [-0.2, 0) is 16.0 Å². The summed E-state index contributed by atoms with van der Waals surface area (Å²) >= 11 is 0. The lowest BCUT2D eigenvalue weighted by Gasteiger charge is -2.09. The molecule has 0 spiro atoms. The van der Waals surface area contributed by atoms with Crippen molar-refractivity contribution >= 4 is 5.97 Å². The van der Waals surface area contributed by atoms with Crippen molar-refractivity contribution in [2.45, 2.75) is 26.7 Å². The van der Waals surface area contributed by atoms with Gasteiger partial charge in [-0.15, -0.1) is 0 Å². The Bertz CT molecular complexity index is 597. The van der Waals surface area contributed by atoms with Gasteiger partial charge in [-0.2, -0.15) is 0 Å². The van der Waals surface area contributed by atoms with Crippen molar-refractivity contribution in [2.75, 3.05) is 7.11 Å². The first kappa shape index (κ1) is 14.3. The average Bonchev–Trinajstić information content (AvgIpc) is 2.48. The third-order valence-electron chi connectivity index (χ3n) is 3.72. The molecule has 0 atom stereocenters. The Morgan fingerprint density at radius 1 is 1.05 bits per heavy atom. The highest BCUT2D eigenvalue weighted by Gasteiger charge is 2.05. The first-order valence-corrected chi connectivity index (χ1v) is 6.84. The monoisotopic (exact) mass is 268 g/mol. The standard InChI is InChI=1S/C18H20O2/c1-13-5-4-6-17(14(13)2)16-10-7-15(8-11-16)9-12-18(19)20-3/h4-8,10-11H,9,12H2,1-3H3. The molecule has 2 nitrogen and oxygen atoms in total. The van der Waals surface area contributed by atoms with E-state index in [0.29, 0.717) is 6.42 Å². The van der Waals surface area contributed by atoms with Crippen LogP contribution in [0.1, 0.15) is 23.1 Å². The van der Waals surface area contributed by atoms with Crippen LogP contribution in [-0.4, -0.2) is 13.1 Å². The van der Waals surface area contributed by atoms with Crippen molar-refractivity contribution in [2.24, 2.45) is 0 Å². The zero-order chi connectivity index (χ0) is 14.5. The molecule has 0 aliphatic heterocycles. The maximum atomic E-state index is 11.1. The van der Waals surface area contributed by atoms with E-state index in [1.54, 1.807) is 0 Å². The summed E-state index contributed by atoms with van der Waals surface area (Å²) in [5.41, 5.74) is 6.26. The summed E-state index contributed by atoms with van der Waals surface area (Å²) in [6, 6.07) is 14.8. The molecular weight excluding hydrogens is 248 g/mol. The highest BCUT2D eigenvalue weighted by molar-refractivity contribution is 5.70. The summed E-state index contributed by atoms with van der Waals surface area (Å²) in [5.74, 6) is -0.163. The Morgan fingerprint density at radius 2 is 1.75 bits per heavy atom. The van der Waals surface area contributed by atoms with Crippen LogP contribution in [0.25, 0.3) is 11.1 Å². The number of methoxy groups -OCH3 is 1. The summed E-state index contributed by atoms with van der Waals surface area (Å²) in [7, 11) is 1.42. The number of hydrogen-bond acceptors (Lipinski definition) is 2. The number of rotatable bonds is 4. The Balaban J connectivity index is 2.16. The number of carbonyl (C=O) groups is 1. The predicted molar refractivity (Wildman–Crippen MR) is 81.7 cm³/mol. The zero-order valence-electron chi connectivity index (χ0n) is 12.3. The molecule has 2 rings (SSSR count). The van der Waals surface area contributed by atoms with E-state index in [2.05, 4.69) is 61.0 Å². The topological polar surface area (TPSA) is 26.3 Å². The van der Waals surface area contributed by atoms with E-state index in [9.17, 15) is 4.79 Å². The van der Waals surface area contributed by atoms with Crippen molar-refractivity contribution in [3.05, 3.63) is 59.2 Å². The van der Waals surface area contributed by atoms with Gasteiger partial charge in [-0.1, -0.05) is 42.5 Å². The Morgan fingerprint density at radius 3 is 2.40 bits per heavy atom. The van der Waals surface area contributed by atoms with E-state index in [0.717, 1.165) is 12.0 Å². The quantitative estimate of drug-likeness (QED) is 0.781. The van der Waals surface area contributed by atoms with Crippen LogP contribution >= 0.6 is 0 Å². The van der Waals surface area contributed by atoms with Crippen molar-refractivity contribution in [3.8, 4) is 11.1 Å². The number of hydrogen-bond donors (Lipinski definition) is 0. The van der Waals surface area contributed by atoms with Crippen LogP contribution < -0.4 is 0 Å². The maximum absolute atomic E-state index is 11.1. The van der Waals surface area contributed by atoms with Crippen molar-refractivity contribution in [3.63, 3.8) is 0 Å². The van der Waals surface area contributed by atoms with Gasteiger partial charge >= 0.3 is 5.97 Å². The fraction of sp³-hybridized carbons (Fsp3) is 0.278. The molecule has 2 aromatic carbocycles. The molecular formula is C18H20O2. The number of benzene rings is 2. The van der Waals surface area contributed by atoms with Crippen LogP contribution in [0.3, 0.4) is 0 Å². The molecule has 0 bridgehead atoms. The normalized spacial score (nSPS) is 10.3. The Labute approximate surface area is 120 Å². The van der Waals surface area contributed by atoms with Gasteiger partial charge in [0, 0.05) is 6.42 Å². The molecule has 0 saturated heterocycles. The lowest BCUT2D eigenvalue weighted by molar-refractivity contribution is -0.140. The van der Waals surface area contributed by atoms with Gasteiger partial charge in [0.1, 0.15) is 0 Å². The van der Waals surface area contributed by atoms with E-state index in [-0.39, 0.29) is 5.97 Å². The second kappa shape index (κ2) is 6.38. The van der Waals surface area contributed by atoms with Crippen molar-refractivity contribution in [1.82, 2.24) is 0 Å². The lowest BCUT2D eigenvalue weighted by atomic mass is 9.96. The van der Waals surface area contributed by atoms with Crippen LogP contribution in [0.4, 0.5) is 0 Å². The van der Waals surface area contributed by atoms with Gasteiger partial charge < -0.3 is 4.74 Å². The summed E-state index contributed by atoms with van der Waals surface area (Å²) in [6.45, 7) is 4.28. The van der Waals surface area contributed by atoms with E-state index < -0.39 is 0 Å². The van der Waals surface area contributed by atoms with Gasteiger partial charge in [0.05, 0.1) is 7.11 Å². The average molecular weight is 268 g/mol. The molecule has 0 fully saturated rings. The molecule has 0 saturated carbocycles. The number of aryl methyl sites for hydroxylation is 2. The molecule has 2 aromatic rings. The molecule has 20 heavy (non-hydrogen) atoms. The largest absolute Gasteiger partial charge is 0.469 e. The molecule has 0 unspecified atom stereocenters. The molecule has 0 amide bonds. The fourth-order valence-corrected chi connectivity index (χ4v) is 2.26. The molecule has 0 heterocycles. The minimum atomic E-state index is -0.163. The van der Waals surface area contributed by atoms with E-state index in [1.807, 2.05) is 0 Å². The van der Waals surface area contributed by atoms with Gasteiger partial charge in [0.15, 0.2) is 0 Å². The molecule has 0 N–H and O–H groups in total. The summed E-state index contributed by atoms with van der Waals surface area (Å²) < 4.78 is 4.65. The minimum absolute atomic E-state index is 0.163. The van der Waals surface area contributed by atoms with Gasteiger partial charge in [-0.3, -0.25) is 4.79 Å². The number of carbonyl (C=O) groups excluding carboxylic acids is 1. The van der Waals surface area contributed by atoms with Crippen LogP contribution in [0.15, 0.2) is 42.5 Å². The third kappa shape index (κ3) is 3.27. The van der Waals surface area contributed by atoms with E-state index >= 15 is 0 Å². The highest BCUT2D eigenvalue weighted by Crippen LogP contribution is 2.25. The lowest BCUT2D eigenvalue weighted by Crippen LogP contribution is -2.01. The molecule has 0 aliphatic carbocycles. The maximum Gasteiger partial charge on any atom is 0.305 e. The SMILES string of the molecule is COC(=O)CCc1ccc(-c2cccc(C)c2C)cc1. The molecule has 0 radical (unpaired) electrons. The molecule has 0 aliphatic rings. The van der Waals surface area contributed by atoms with E-state index in [1.165, 1.54) is 29.4 Å². The highest BCUT2D eigenvalue weighted by atomic mass is 16.5. The summed E-state index contributed by atoms with van der Waals surface area (Å²) in [6.07, 6.45) is 1.15. The number of ether oxygens (including phenoxy) is 1. The summed E-state index contributed by atoms with van der Waals surface area (Å²) in [4.78, 5) is 11.1. The minimum Gasteiger partial charge on any atom is -0.469 e. The third-order valence-corrected chi connectivity index (χ3v) is 3.72. The van der Waals surface area contributed by atoms with Gasteiger partial charge in [-0.05, 0) is 48.1 Å². The smallest absolute Gasteiger partial charge is 0.305 e. The second-order valence-corrected chi connectivity index (χ2v) is 5.02. The zero-order valence-corrected chi connectivity index (χ0v) is 12.3. The van der Waals surface area contributed by atoms with Gasteiger partial charge in [-0.25, -0.2) is 0 Å². The van der Waals surface area contributed by atoms with Crippen molar-refractivity contribution < 1.29 is 9.53 Å². The number of esters is 1. The van der Waals surface area contributed by atoms with Gasteiger partial charge in [0.25, 0.3) is 0 Å². The van der Waals surface area contributed by atoms with E-state index in [4.69, 9.17) is 0 Å². The first-order chi connectivity index (χ1) is 9.61. The molecule has 0 aromatic heterocycles.